The van der Waals surface area contributed by atoms with E-state index in [2.05, 4.69) is 13.8 Å². The van der Waals surface area contributed by atoms with E-state index in [-0.39, 0.29) is 25.1 Å². The summed E-state index contributed by atoms with van der Waals surface area (Å²) in [6.07, 6.45) is 22.5. The zero-order chi connectivity index (χ0) is 22.3. The minimum Gasteiger partial charge on any atom is -0.463 e. The second-order valence-corrected chi connectivity index (χ2v) is 9.04. The van der Waals surface area contributed by atoms with Gasteiger partial charge in [-0.15, -0.1) is 0 Å². The van der Waals surface area contributed by atoms with Crippen LogP contribution in [0.2, 0.25) is 0 Å². The molecule has 0 aromatic carbocycles. The van der Waals surface area contributed by atoms with Crippen molar-refractivity contribution in [2.24, 2.45) is 5.92 Å². The summed E-state index contributed by atoms with van der Waals surface area (Å²) >= 11 is 0. The molecule has 0 bridgehead atoms. The minimum atomic E-state index is -0.967. The number of unbranched alkanes of at least 4 members (excludes halogenated alkanes) is 15. The zero-order valence-corrected chi connectivity index (χ0v) is 20.2. The summed E-state index contributed by atoms with van der Waals surface area (Å²) in [5.41, 5.74) is 0. The number of hydrogen-bond donors (Lipinski definition) is 2. The van der Waals surface area contributed by atoms with E-state index in [0.717, 1.165) is 25.7 Å². The van der Waals surface area contributed by atoms with Crippen molar-refractivity contribution in [1.82, 2.24) is 0 Å². The maximum absolute atomic E-state index is 12.4. The van der Waals surface area contributed by atoms with Crippen LogP contribution in [0.3, 0.4) is 0 Å². The van der Waals surface area contributed by atoms with Crippen LogP contribution in [-0.4, -0.2) is 35.5 Å². The van der Waals surface area contributed by atoms with Crippen LogP contribution in [0.5, 0.6) is 0 Å². The SMILES string of the molecule is CCCCCCCCCCCCC(CCCCCCCCC)C(=O)OCC(O)CO. The standard InChI is InChI=1S/C26H52O4/c1-3-5-7-9-11-12-13-15-17-19-21-24(26(29)30-23-25(28)22-27)20-18-16-14-10-8-6-4-2/h24-25,27-28H,3-23H2,1-2H3. The normalized spacial score (nSPS) is 13.3. The number of ether oxygens (including phenoxy) is 1. The maximum Gasteiger partial charge on any atom is 0.309 e. The highest BCUT2D eigenvalue weighted by atomic mass is 16.5. The Labute approximate surface area is 187 Å². The Hall–Kier alpha value is -0.610. The molecule has 0 aromatic heterocycles. The first-order valence-electron chi connectivity index (χ1n) is 13.1. The summed E-state index contributed by atoms with van der Waals surface area (Å²) in [7, 11) is 0. The van der Waals surface area contributed by atoms with Gasteiger partial charge in [0.15, 0.2) is 0 Å². The number of carbonyl (C=O) groups excluding carboxylic acids is 1. The molecule has 180 valence electrons. The fourth-order valence-electron chi connectivity index (χ4n) is 3.95. The third-order valence-corrected chi connectivity index (χ3v) is 6.02. The first-order chi connectivity index (χ1) is 14.7. The Morgan fingerprint density at radius 2 is 1.03 bits per heavy atom. The molecule has 0 amide bonds. The van der Waals surface area contributed by atoms with E-state index in [4.69, 9.17) is 9.84 Å². The first kappa shape index (κ1) is 29.4. The molecule has 0 heterocycles. The van der Waals surface area contributed by atoms with E-state index in [9.17, 15) is 9.90 Å². The lowest BCUT2D eigenvalue weighted by atomic mass is 9.94. The summed E-state index contributed by atoms with van der Waals surface area (Å²) < 4.78 is 5.26. The molecule has 2 unspecified atom stereocenters. The van der Waals surface area contributed by atoms with Crippen molar-refractivity contribution >= 4 is 5.97 Å². The summed E-state index contributed by atoms with van der Waals surface area (Å²) in [6.45, 7) is 4.03. The molecule has 0 saturated heterocycles. The zero-order valence-electron chi connectivity index (χ0n) is 20.2. The first-order valence-corrected chi connectivity index (χ1v) is 13.1. The van der Waals surface area contributed by atoms with Gasteiger partial charge in [0.05, 0.1) is 12.5 Å². The lowest BCUT2D eigenvalue weighted by Gasteiger charge is -2.17. The summed E-state index contributed by atoms with van der Waals surface area (Å²) in [5, 5.41) is 18.4. The number of rotatable bonds is 23. The van der Waals surface area contributed by atoms with Crippen molar-refractivity contribution in [3.05, 3.63) is 0 Å². The van der Waals surface area contributed by atoms with Crippen molar-refractivity contribution in [3.8, 4) is 0 Å². The van der Waals surface area contributed by atoms with Gasteiger partial charge in [-0.25, -0.2) is 0 Å². The lowest BCUT2D eigenvalue weighted by Crippen LogP contribution is -2.25. The highest BCUT2D eigenvalue weighted by Crippen LogP contribution is 2.21. The average molecular weight is 429 g/mol. The topological polar surface area (TPSA) is 66.8 Å². The molecular weight excluding hydrogens is 376 g/mol. The highest BCUT2D eigenvalue weighted by Gasteiger charge is 2.20. The summed E-state index contributed by atoms with van der Waals surface area (Å²) in [5.74, 6) is -0.245. The molecule has 2 N–H and O–H groups in total. The van der Waals surface area contributed by atoms with E-state index in [1.54, 1.807) is 0 Å². The molecule has 0 aromatic rings. The molecule has 4 heteroatoms. The van der Waals surface area contributed by atoms with E-state index in [0.29, 0.717) is 0 Å². The number of aliphatic hydroxyl groups is 2. The lowest BCUT2D eigenvalue weighted by molar-refractivity contribution is -0.152. The number of aliphatic hydroxyl groups excluding tert-OH is 2. The van der Waals surface area contributed by atoms with Gasteiger partial charge in [-0.2, -0.15) is 0 Å². The van der Waals surface area contributed by atoms with E-state index in [1.807, 2.05) is 0 Å². The predicted molar refractivity (Wildman–Crippen MR) is 127 cm³/mol. The smallest absolute Gasteiger partial charge is 0.309 e. The van der Waals surface area contributed by atoms with E-state index < -0.39 is 6.10 Å². The number of carbonyl (C=O) groups is 1. The van der Waals surface area contributed by atoms with Crippen molar-refractivity contribution in [2.75, 3.05) is 13.2 Å². The molecule has 0 saturated carbocycles. The van der Waals surface area contributed by atoms with Crippen molar-refractivity contribution in [3.63, 3.8) is 0 Å². The van der Waals surface area contributed by atoms with Crippen LogP contribution in [0, 0.1) is 5.92 Å². The van der Waals surface area contributed by atoms with Crippen LogP contribution in [-0.2, 0) is 9.53 Å². The molecule has 2 atom stereocenters. The maximum atomic E-state index is 12.4. The molecule has 0 aliphatic carbocycles. The molecule has 0 rings (SSSR count). The molecule has 0 spiro atoms. The summed E-state index contributed by atoms with van der Waals surface area (Å²) in [4.78, 5) is 12.4. The van der Waals surface area contributed by atoms with Crippen LogP contribution >= 0.6 is 0 Å². The van der Waals surface area contributed by atoms with Crippen LogP contribution in [0.15, 0.2) is 0 Å². The van der Waals surface area contributed by atoms with Crippen LogP contribution in [0.25, 0.3) is 0 Å². The van der Waals surface area contributed by atoms with E-state index in [1.165, 1.54) is 96.3 Å². The fraction of sp³-hybridized carbons (Fsp3) is 0.962. The van der Waals surface area contributed by atoms with E-state index >= 15 is 0 Å². The Bertz CT molecular complexity index is 359. The Morgan fingerprint density at radius 3 is 1.40 bits per heavy atom. The molecule has 0 fully saturated rings. The van der Waals surface area contributed by atoms with Gasteiger partial charge in [0.2, 0.25) is 0 Å². The third-order valence-electron chi connectivity index (χ3n) is 6.02. The summed E-state index contributed by atoms with van der Waals surface area (Å²) in [6, 6.07) is 0. The molecule has 0 radical (unpaired) electrons. The average Bonchev–Trinajstić information content (AvgIpc) is 2.76. The second kappa shape index (κ2) is 23.1. The molecule has 0 aliphatic heterocycles. The van der Waals surface area contributed by atoms with Crippen molar-refractivity contribution < 1.29 is 19.7 Å². The van der Waals surface area contributed by atoms with Gasteiger partial charge in [0, 0.05) is 0 Å². The van der Waals surface area contributed by atoms with Gasteiger partial charge in [0.25, 0.3) is 0 Å². The van der Waals surface area contributed by atoms with Gasteiger partial charge in [-0.3, -0.25) is 4.79 Å². The Morgan fingerprint density at radius 1 is 0.667 bits per heavy atom. The predicted octanol–water partition coefficient (Wildman–Crippen LogP) is 6.95. The molecule has 30 heavy (non-hydrogen) atoms. The van der Waals surface area contributed by atoms with Gasteiger partial charge in [0.1, 0.15) is 12.7 Å². The van der Waals surface area contributed by atoms with Gasteiger partial charge >= 0.3 is 5.97 Å². The molecular formula is C26H52O4. The molecule has 0 aliphatic rings. The van der Waals surface area contributed by atoms with Gasteiger partial charge in [-0.1, -0.05) is 123 Å². The number of esters is 1. The second-order valence-electron chi connectivity index (χ2n) is 9.04. The van der Waals surface area contributed by atoms with Crippen molar-refractivity contribution in [1.29, 1.82) is 0 Å². The Balaban J connectivity index is 4.00. The number of hydrogen-bond acceptors (Lipinski definition) is 4. The monoisotopic (exact) mass is 428 g/mol. The van der Waals surface area contributed by atoms with Crippen molar-refractivity contribution in [2.45, 2.75) is 142 Å². The highest BCUT2D eigenvalue weighted by molar-refractivity contribution is 5.72. The Kier molecular flexibility index (Phi) is 22.6. The van der Waals surface area contributed by atoms with Gasteiger partial charge in [-0.05, 0) is 12.8 Å². The van der Waals surface area contributed by atoms with Crippen LogP contribution in [0.4, 0.5) is 0 Å². The largest absolute Gasteiger partial charge is 0.463 e. The van der Waals surface area contributed by atoms with Crippen LogP contribution in [0.1, 0.15) is 136 Å². The van der Waals surface area contributed by atoms with Crippen LogP contribution < -0.4 is 0 Å². The quantitative estimate of drug-likeness (QED) is 0.136. The minimum absolute atomic E-state index is 0.0550. The van der Waals surface area contributed by atoms with Gasteiger partial charge < -0.3 is 14.9 Å². The third kappa shape index (κ3) is 19.4. The fourth-order valence-corrected chi connectivity index (χ4v) is 3.95. The molecule has 4 nitrogen and oxygen atoms in total.